The topological polar surface area (TPSA) is 66.9 Å². The highest BCUT2D eigenvalue weighted by molar-refractivity contribution is 8.00. The number of fused-ring (bicyclic) bond motifs is 1. The second-order valence-electron chi connectivity index (χ2n) is 4.82. The van der Waals surface area contributed by atoms with Crippen LogP contribution in [0.25, 0.3) is 5.78 Å². The Kier molecular flexibility index (Phi) is 3.65. The van der Waals surface area contributed by atoms with Gasteiger partial charge in [-0.05, 0) is 24.8 Å². The van der Waals surface area contributed by atoms with Gasteiger partial charge in [0.25, 0.3) is 5.78 Å². The van der Waals surface area contributed by atoms with Gasteiger partial charge in [0.2, 0.25) is 5.16 Å². The lowest BCUT2D eigenvalue weighted by atomic mass is 9.87. The summed E-state index contributed by atoms with van der Waals surface area (Å²) in [4.78, 5) is 8.49. The molecule has 1 saturated carbocycles. The first-order chi connectivity index (χ1) is 9.36. The van der Waals surface area contributed by atoms with Gasteiger partial charge in [-0.3, -0.25) is 0 Å². The molecule has 0 aromatic carbocycles. The van der Waals surface area contributed by atoms with Crippen LogP contribution in [-0.4, -0.2) is 24.8 Å². The molecule has 0 bridgehead atoms. The molecule has 1 aliphatic rings. The lowest BCUT2D eigenvalue weighted by Crippen LogP contribution is -2.18. The van der Waals surface area contributed by atoms with Crippen LogP contribution in [-0.2, 0) is 0 Å². The highest BCUT2D eigenvalue weighted by Crippen LogP contribution is 2.34. The molecular formula is C13H15N5S. The van der Waals surface area contributed by atoms with Gasteiger partial charge in [-0.15, -0.1) is 5.10 Å². The number of aromatic nitrogens is 4. The summed E-state index contributed by atoms with van der Waals surface area (Å²) in [5, 5.41) is 14.3. The monoisotopic (exact) mass is 273 g/mol. The molecular weight excluding hydrogens is 258 g/mol. The Morgan fingerprint density at radius 1 is 1.37 bits per heavy atom. The molecule has 0 saturated heterocycles. The predicted molar refractivity (Wildman–Crippen MR) is 72.6 cm³/mol. The number of hydrogen-bond donors (Lipinski definition) is 0. The SMILES string of the molecule is N#C[C@@H](Sc1nc2ncccn2n1)C1CCCCC1. The highest BCUT2D eigenvalue weighted by Gasteiger charge is 2.25. The lowest BCUT2D eigenvalue weighted by Gasteiger charge is -2.24. The van der Waals surface area contributed by atoms with Crippen LogP contribution in [0.1, 0.15) is 32.1 Å². The Morgan fingerprint density at radius 3 is 2.95 bits per heavy atom. The number of rotatable bonds is 3. The summed E-state index contributed by atoms with van der Waals surface area (Å²) in [5.41, 5.74) is 0. The second kappa shape index (κ2) is 5.57. The van der Waals surface area contributed by atoms with Crippen LogP contribution in [0.15, 0.2) is 23.6 Å². The van der Waals surface area contributed by atoms with Crippen LogP contribution in [0, 0.1) is 17.2 Å². The van der Waals surface area contributed by atoms with Crippen molar-refractivity contribution in [3.8, 4) is 6.07 Å². The molecule has 1 fully saturated rings. The molecule has 0 radical (unpaired) electrons. The molecule has 0 N–H and O–H groups in total. The van der Waals surface area contributed by atoms with E-state index >= 15 is 0 Å². The quantitative estimate of drug-likeness (QED) is 0.804. The van der Waals surface area contributed by atoms with Crippen LogP contribution in [0.2, 0.25) is 0 Å². The van der Waals surface area contributed by atoms with Crippen molar-refractivity contribution < 1.29 is 0 Å². The summed E-state index contributed by atoms with van der Waals surface area (Å²) in [6.07, 6.45) is 9.60. The Labute approximate surface area is 116 Å². The van der Waals surface area contributed by atoms with E-state index < -0.39 is 0 Å². The van der Waals surface area contributed by atoms with Gasteiger partial charge >= 0.3 is 0 Å². The number of nitriles is 1. The fourth-order valence-corrected chi connectivity index (χ4v) is 3.56. The molecule has 0 aliphatic heterocycles. The molecule has 6 heteroatoms. The van der Waals surface area contributed by atoms with Gasteiger partial charge in [-0.2, -0.15) is 10.2 Å². The molecule has 98 valence electrons. The summed E-state index contributed by atoms with van der Waals surface area (Å²) in [6, 6.07) is 4.24. The summed E-state index contributed by atoms with van der Waals surface area (Å²) in [5.74, 6) is 1.06. The van der Waals surface area contributed by atoms with E-state index in [1.54, 1.807) is 10.7 Å². The minimum Gasteiger partial charge on any atom is -0.220 e. The van der Waals surface area contributed by atoms with Crippen LogP contribution in [0.5, 0.6) is 0 Å². The van der Waals surface area contributed by atoms with E-state index in [0.29, 0.717) is 16.9 Å². The zero-order chi connectivity index (χ0) is 13.1. The largest absolute Gasteiger partial charge is 0.253 e. The summed E-state index contributed by atoms with van der Waals surface area (Å²) in [6.45, 7) is 0. The Hall–Kier alpha value is -1.61. The third-order valence-electron chi connectivity index (χ3n) is 3.53. The lowest BCUT2D eigenvalue weighted by molar-refractivity contribution is 0.370. The van der Waals surface area contributed by atoms with E-state index in [1.165, 1.54) is 31.0 Å². The van der Waals surface area contributed by atoms with Gasteiger partial charge in [0, 0.05) is 12.4 Å². The summed E-state index contributed by atoms with van der Waals surface area (Å²) >= 11 is 1.48. The van der Waals surface area contributed by atoms with Crippen LogP contribution < -0.4 is 0 Å². The zero-order valence-corrected chi connectivity index (χ0v) is 11.4. The molecule has 2 heterocycles. The standard InChI is InChI=1S/C13H15N5S/c14-9-11(10-5-2-1-3-6-10)19-13-16-12-15-7-4-8-18(12)17-13/h4,7-8,10-11H,1-3,5-6H2/t11-/m1/s1. The maximum Gasteiger partial charge on any atom is 0.253 e. The second-order valence-corrected chi connectivity index (χ2v) is 5.93. The smallest absolute Gasteiger partial charge is 0.220 e. The van der Waals surface area contributed by atoms with Crippen molar-refractivity contribution in [2.45, 2.75) is 42.5 Å². The molecule has 19 heavy (non-hydrogen) atoms. The van der Waals surface area contributed by atoms with Gasteiger partial charge in [0.15, 0.2) is 0 Å². The van der Waals surface area contributed by atoms with E-state index in [2.05, 4.69) is 21.1 Å². The number of thioether (sulfide) groups is 1. The molecule has 1 atom stereocenters. The van der Waals surface area contributed by atoms with Crippen molar-refractivity contribution in [2.75, 3.05) is 0 Å². The van der Waals surface area contributed by atoms with E-state index in [4.69, 9.17) is 0 Å². The van der Waals surface area contributed by atoms with E-state index in [9.17, 15) is 5.26 Å². The molecule has 0 unspecified atom stereocenters. The average molecular weight is 273 g/mol. The maximum atomic E-state index is 9.37. The molecule has 2 aromatic rings. The van der Waals surface area contributed by atoms with Gasteiger partial charge in [-0.25, -0.2) is 9.50 Å². The summed E-state index contributed by atoms with van der Waals surface area (Å²) in [7, 11) is 0. The molecule has 1 aliphatic carbocycles. The van der Waals surface area contributed by atoms with Crippen LogP contribution >= 0.6 is 11.8 Å². The fraction of sp³-hybridized carbons (Fsp3) is 0.538. The normalized spacial score (nSPS) is 18.3. The van der Waals surface area contributed by atoms with Gasteiger partial charge in [-0.1, -0.05) is 31.0 Å². The zero-order valence-electron chi connectivity index (χ0n) is 10.6. The van der Waals surface area contributed by atoms with Crippen molar-refractivity contribution in [1.29, 1.82) is 5.26 Å². The van der Waals surface area contributed by atoms with Crippen molar-refractivity contribution >= 4 is 17.5 Å². The van der Waals surface area contributed by atoms with Gasteiger partial charge in [0.05, 0.1) is 6.07 Å². The molecule has 2 aromatic heterocycles. The van der Waals surface area contributed by atoms with Gasteiger partial charge < -0.3 is 0 Å². The maximum absolute atomic E-state index is 9.37. The first-order valence-electron chi connectivity index (χ1n) is 6.60. The third-order valence-corrected chi connectivity index (χ3v) is 4.66. The number of hydrogen-bond acceptors (Lipinski definition) is 5. The van der Waals surface area contributed by atoms with Crippen molar-refractivity contribution in [1.82, 2.24) is 19.6 Å². The first-order valence-corrected chi connectivity index (χ1v) is 7.48. The van der Waals surface area contributed by atoms with Gasteiger partial charge in [0.1, 0.15) is 5.25 Å². The molecule has 0 amide bonds. The fourth-order valence-electron chi connectivity index (χ4n) is 2.54. The minimum atomic E-state index is -0.0438. The van der Waals surface area contributed by atoms with Crippen LogP contribution in [0.3, 0.4) is 0 Å². The Morgan fingerprint density at radius 2 is 2.21 bits per heavy atom. The van der Waals surface area contributed by atoms with Crippen molar-refractivity contribution in [3.05, 3.63) is 18.5 Å². The van der Waals surface area contributed by atoms with E-state index in [0.717, 1.165) is 12.8 Å². The molecule has 3 rings (SSSR count). The predicted octanol–water partition coefficient (Wildman–Crippen LogP) is 2.69. The highest BCUT2D eigenvalue weighted by atomic mass is 32.2. The van der Waals surface area contributed by atoms with E-state index in [1.807, 2.05) is 12.3 Å². The molecule has 0 spiro atoms. The summed E-state index contributed by atoms with van der Waals surface area (Å²) < 4.78 is 1.65. The van der Waals surface area contributed by atoms with E-state index in [-0.39, 0.29) is 5.25 Å². The Bertz CT molecular complexity index is 563. The minimum absolute atomic E-state index is 0.0438. The molecule has 5 nitrogen and oxygen atoms in total. The van der Waals surface area contributed by atoms with Crippen molar-refractivity contribution in [3.63, 3.8) is 0 Å². The Balaban J connectivity index is 1.76. The van der Waals surface area contributed by atoms with Crippen LogP contribution in [0.4, 0.5) is 0 Å². The van der Waals surface area contributed by atoms with Crippen molar-refractivity contribution in [2.24, 2.45) is 5.92 Å². The number of nitrogens with zero attached hydrogens (tertiary/aromatic N) is 5. The average Bonchev–Trinajstić information content (AvgIpc) is 2.88. The first kappa shape index (κ1) is 12.4. The third kappa shape index (κ3) is 2.71.